The highest BCUT2D eigenvalue weighted by atomic mass is 35.5. The molecule has 1 atom stereocenters. The van der Waals surface area contributed by atoms with Crippen molar-refractivity contribution in [2.24, 2.45) is 13.0 Å². The normalized spacial score (nSPS) is 12.3. The largest absolute Gasteiger partial charge is 0.342 e. The molecule has 0 spiro atoms. The van der Waals surface area contributed by atoms with Crippen LogP contribution in [0.25, 0.3) is 10.9 Å². The van der Waals surface area contributed by atoms with Crippen LogP contribution in [0.2, 0.25) is 5.02 Å². The first-order chi connectivity index (χ1) is 16.3. The molecule has 1 amide bonds. The maximum absolute atomic E-state index is 12.8. The molecule has 0 bridgehead atoms. The standard InChI is InChI=1S/C24H25ClN6O2S/c1-14(2)12-19(27-22(32)15-8-10-16(25)11-9-15)21-29-30-24(31(21)3)34-13-20-26-18-7-5-4-6-17(18)23(33)28-20/h4-11,14,19H,12-13H2,1-3H3,(H,27,32)(H,26,28,33)/t19-/m0/s1. The molecular formula is C24H25ClN6O2S. The Morgan fingerprint density at radius 3 is 2.62 bits per heavy atom. The molecular weight excluding hydrogens is 472 g/mol. The molecule has 0 aliphatic rings. The van der Waals surface area contributed by atoms with Gasteiger partial charge < -0.3 is 14.9 Å². The second kappa shape index (κ2) is 10.4. The number of aromatic amines is 1. The number of halogens is 1. The quantitative estimate of drug-likeness (QED) is 0.347. The fraction of sp³-hybridized carbons (Fsp3) is 0.292. The van der Waals surface area contributed by atoms with Crippen molar-refractivity contribution >= 4 is 40.2 Å². The zero-order valence-corrected chi connectivity index (χ0v) is 20.7. The summed E-state index contributed by atoms with van der Waals surface area (Å²) in [5, 5.41) is 13.6. The van der Waals surface area contributed by atoms with Crippen molar-refractivity contribution in [1.82, 2.24) is 30.0 Å². The first-order valence-electron chi connectivity index (χ1n) is 10.9. The average molecular weight is 497 g/mol. The van der Waals surface area contributed by atoms with Crippen molar-refractivity contribution < 1.29 is 4.79 Å². The molecule has 0 aliphatic carbocycles. The van der Waals surface area contributed by atoms with E-state index >= 15 is 0 Å². The minimum Gasteiger partial charge on any atom is -0.342 e. The van der Waals surface area contributed by atoms with Crippen molar-refractivity contribution in [3.63, 3.8) is 0 Å². The number of aromatic nitrogens is 5. The predicted molar refractivity (Wildman–Crippen MR) is 134 cm³/mol. The van der Waals surface area contributed by atoms with Gasteiger partial charge in [-0.2, -0.15) is 0 Å². The van der Waals surface area contributed by atoms with E-state index in [2.05, 4.69) is 39.3 Å². The molecule has 34 heavy (non-hydrogen) atoms. The Balaban J connectivity index is 1.52. The SMILES string of the molecule is CC(C)C[C@H](NC(=O)c1ccc(Cl)cc1)c1nnc(SCc2nc3ccccc3c(=O)[nH]2)n1C. The summed E-state index contributed by atoms with van der Waals surface area (Å²) in [4.78, 5) is 32.5. The van der Waals surface area contributed by atoms with E-state index in [1.165, 1.54) is 11.8 Å². The second-order valence-corrected chi connectivity index (χ2v) is 9.76. The molecule has 8 nitrogen and oxygen atoms in total. The van der Waals surface area contributed by atoms with Crippen LogP contribution in [-0.4, -0.2) is 30.6 Å². The molecule has 0 radical (unpaired) electrons. The molecule has 2 heterocycles. The molecule has 0 aliphatic heterocycles. The molecule has 0 saturated heterocycles. The highest BCUT2D eigenvalue weighted by Crippen LogP contribution is 2.25. The summed E-state index contributed by atoms with van der Waals surface area (Å²) >= 11 is 7.36. The van der Waals surface area contributed by atoms with Gasteiger partial charge in [-0.25, -0.2) is 4.98 Å². The lowest BCUT2D eigenvalue weighted by molar-refractivity contribution is 0.0929. The molecule has 4 rings (SSSR count). The number of carbonyl (C=O) groups excluding carboxylic acids is 1. The summed E-state index contributed by atoms with van der Waals surface area (Å²) in [6, 6.07) is 13.7. The fourth-order valence-electron chi connectivity index (χ4n) is 3.63. The summed E-state index contributed by atoms with van der Waals surface area (Å²) in [7, 11) is 1.87. The third-order valence-electron chi connectivity index (χ3n) is 5.30. The Hall–Kier alpha value is -3.17. The zero-order valence-electron chi connectivity index (χ0n) is 19.1. The first kappa shape index (κ1) is 24.0. The Morgan fingerprint density at radius 1 is 1.15 bits per heavy atom. The van der Waals surface area contributed by atoms with Gasteiger partial charge in [0.25, 0.3) is 11.5 Å². The van der Waals surface area contributed by atoms with Gasteiger partial charge in [-0.3, -0.25) is 9.59 Å². The minimum absolute atomic E-state index is 0.165. The molecule has 2 aromatic heterocycles. The second-order valence-electron chi connectivity index (χ2n) is 8.38. The molecule has 176 valence electrons. The number of amides is 1. The van der Waals surface area contributed by atoms with Crippen molar-refractivity contribution in [3.8, 4) is 0 Å². The predicted octanol–water partition coefficient (Wildman–Crippen LogP) is 4.51. The van der Waals surface area contributed by atoms with Crippen molar-refractivity contribution in [2.75, 3.05) is 0 Å². The van der Waals surface area contributed by atoms with E-state index in [1.807, 2.05) is 29.8 Å². The molecule has 0 unspecified atom stereocenters. The first-order valence-corrected chi connectivity index (χ1v) is 12.2. The maximum atomic E-state index is 12.8. The number of nitrogens with zero attached hydrogens (tertiary/aromatic N) is 4. The molecule has 2 aromatic carbocycles. The monoisotopic (exact) mass is 496 g/mol. The van der Waals surface area contributed by atoms with Gasteiger partial charge >= 0.3 is 0 Å². The third kappa shape index (κ3) is 5.48. The summed E-state index contributed by atoms with van der Waals surface area (Å²) in [6.45, 7) is 4.18. The number of hydrogen-bond acceptors (Lipinski definition) is 6. The van der Waals surface area contributed by atoms with E-state index in [9.17, 15) is 9.59 Å². The summed E-state index contributed by atoms with van der Waals surface area (Å²) in [5.74, 6) is 1.79. The average Bonchev–Trinajstić information content (AvgIpc) is 3.17. The Bertz CT molecular complexity index is 1370. The van der Waals surface area contributed by atoms with Crippen LogP contribution < -0.4 is 10.9 Å². The van der Waals surface area contributed by atoms with Crippen LogP contribution >= 0.6 is 23.4 Å². The van der Waals surface area contributed by atoms with Crippen LogP contribution in [0.4, 0.5) is 0 Å². The molecule has 0 saturated carbocycles. The topological polar surface area (TPSA) is 106 Å². The number of carbonyl (C=O) groups is 1. The van der Waals surface area contributed by atoms with E-state index in [1.54, 1.807) is 30.3 Å². The number of rotatable bonds is 8. The van der Waals surface area contributed by atoms with Crippen molar-refractivity contribution in [2.45, 2.75) is 37.2 Å². The highest BCUT2D eigenvalue weighted by molar-refractivity contribution is 7.98. The lowest BCUT2D eigenvalue weighted by Crippen LogP contribution is -2.31. The third-order valence-corrected chi connectivity index (χ3v) is 6.58. The van der Waals surface area contributed by atoms with Crippen LogP contribution in [0.3, 0.4) is 0 Å². The van der Waals surface area contributed by atoms with Crippen LogP contribution in [0.5, 0.6) is 0 Å². The number of para-hydroxylation sites is 1. The van der Waals surface area contributed by atoms with Crippen molar-refractivity contribution in [3.05, 3.63) is 81.1 Å². The Kier molecular flexibility index (Phi) is 7.33. The zero-order chi connectivity index (χ0) is 24.2. The summed E-state index contributed by atoms with van der Waals surface area (Å²) < 4.78 is 1.87. The van der Waals surface area contributed by atoms with Gasteiger partial charge in [0.1, 0.15) is 5.82 Å². The van der Waals surface area contributed by atoms with Gasteiger partial charge in [-0.05, 0) is 48.7 Å². The van der Waals surface area contributed by atoms with Crippen LogP contribution in [0, 0.1) is 5.92 Å². The van der Waals surface area contributed by atoms with Gasteiger partial charge in [0.05, 0.1) is 22.7 Å². The smallest absolute Gasteiger partial charge is 0.258 e. The van der Waals surface area contributed by atoms with Gasteiger partial charge in [0.2, 0.25) is 0 Å². The summed E-state index contributed by atoms with van der Waals surface area (Å²) in [6.07, 6.45) is 0.704. The number of nitrogens with one attached hydrogen (secondary N) is 2. The number of thioether (sulfide) groups is 1. The van der Waals surface area contributed by atoms with E-state index in [4.69, 9.17) is 11.6 Å². The van der Waals surface area contributed by atoms with E-state index < -0.39 is 0 Å². The number of benzene rings is 2. The minimum atomic E-state index is -0.311. The van der Waals surface area contributed by atoms with Gasteiger partial charge in [0, 0.05) is 17.6 Å². The molecule has 4 aromatic rings. The lowest BCUT2D eigenvalue weighted by Gasteiger charge is -2.20. The molecule has 2 N–H and O–H groups in total. The van der Waals surface area contributed by atoms with Gasteiger partial charge in [-0.15, -0.1) is 10.2 Å². The Morgan fingerprint density at radius 2 is 1.88 bits per heavy atom. The highest BCUT2D eigenvalue weighted by Gasteiger charge is 2.23. The van der Waals surface area contributed by atoms with Gasteiger partial charge in [0.15, 0.2) is 11.0 Å². The molecule has 0 fully saturated rings. The fourth-order valence-corrected chi connectivity index (χ4v) is 4.55. The van der Waals surface area contributed by atoms with Crippen molar-refractivity contribution in [1.29, 1.82) is 0 Å². The van der Waals surface area contributed by atoms with E-state index in [0.29, 0.717) is 56.4 Å². The maximum Gasteiger partial charge on any atom is 0.258 e. The molecule has 10 heteroatoms. The number of hydrogen-bond donors (Lipinski definition) is 2. The number of H-pyrrole nitrogens is 1. The van der Waals surface area contributed by atoms with Crippen LogP contribution in [0.15, 0.2) is 58.5 Å². The van der Waals surface area contributed by atoms with E-state index in [-0.39, 0.29) is 17.5 Å². The van der Waals surface area contributed by atoms with Gasteiger partial charge in [-0.1, -0.05) is 49.3 Å². The van der Waals surface area contributed by atoms with E-state index in [0.717, 1.165) is 0 Å². The summed E-state index contributed by atoms with van der Waals surface area (Å²) in [5.41, 5.74) is 1.02. The van der Waals surface area contributed by atoms with Crippen LogP contribution in [0.1, 0.15) is 48.3 Å². The lowest BCUT2D eigenvalue weighted by atomic mass is 10.0. The van der Waals surface area contributed by atoms with Crippen LogP contribution in [-0.2, 0) is 12.8 Å². The number of fused-ring (bicyclic) bond motifs is 1. The Labute approximate surface area is 206 Å².